The molecule has 9 nitrogen and oxygen atoms in total. The van der Waals surface area contributed by atoms with Gasteiger partial charge in [-0.15, -0.1) is 0 Å². The summed E-state index contributed by atoms with van der Waals surface area (Å²) in [6.07, 6.45) is 6.46. The summed E-state index contributed by atoms with van der Waals surface area (Å²) in [6, 6.07) is 5.40. The molecule has 2 N–H and O–H groups in total. The number of aromatic nitrogens is 2. The molecule has 1 saturated carbocycles. The topological polar surface area (TPSA) is 117 Å². The van der Waals surface area contributed by atoms with Gasteiger partial charge < -0.3 is 15.2 Å². The normalized spacial score (nSPS) is 31.8. The Morgan fingerprint density at radius 3 is 2.68 bits per heavy atom. The van der Waals surface area contributed by atoms with Crippen molar-refractivity contribution < 1.29 is 17.7 Å². The molecule has 0 spiro atoms. The molecule has 4 fully saturated rings. The number of nitrogens with zero attached hydrogens (tertiary/aromatic N) is 3. The van der Waals surface area contributed by atoms with Crippen LogP contribution in [-0.4, -0.2) is 59.4 Å². The summed E-state index contributed by atoms with van der Waals surface area (Å²) >= 11 is 0. The number of rotatable bonds is 6. The molecule has 0 aromatic carbocycles. The largest absolute Gasteiger partial charge is 0.372 e. The molecule has 2 aromatic rings. The van der Waals surface area contributed by atoms with E-state index in [2.05, 4.69) is 25.7 Å². The van der Waals surface area contributed by atoms with E-state index in [0.29, 0.717) is 30.3 Å². The van der Waals surface area contributed by atoms with Gasteiger partial charge in [-0.05, 0) is 50.7 Å². The highest BCUT2D eigenvalue weighted by atomic mass is 32.2. The van der Waals surface area contributed by atoms with Gasteiger partial charge in [0.2, 0.25) is 9.84 Å². The second-order valence-electron chi connectivity index (χ2n) is 9.20. The van der Waals surface area contributed by atoms with Crippen LogP contribution in [0.1, 0.15) is 60.7 Å². The van der Waals surface area contributed by atoms with Crippen molar-refractivity contribution >= 4 is 21.6 Å². The Hall–Kier alpha value is -2.46. The van der Waals surface area contributed by atoms with Gasteiger partial charge in [-0.2, -0.15) is 0 Å². The fourth-order valence-electron chi connectivity index (χ4n) is 5.80. The van der Waals surface area contributed by atoms with Crippen LogP contribution < -0.4 is 10.6 Å². The van der Waals surface area contributed by atoms with Gasteiger partial charge in [-0.25, -0.2) is 13.4 Å². The SMILES string of the molecule is CNc1ncccc1S(=O)(=O)C12CC3CC(NC(=O)c4cc(C5CC5)on4)CC(C1)N32. The molecule has 1 amide bonds. The molecule has 6 rings (SSSR count). The summed E-state index contributed by atoms with van der Waals surface area (Å²) < 4.78 is 32.3. The van der Waals surface area contributed by atoms with Crippen LogP contribution in [-0.2, 0) is 9.84 Å². The predicted molar refractivity (Wildman–Crippen MR) is 111 cm³/mol. The van der Waals surface area contributed by atoms with Gasteiger partial charge in [0.05, 0.1) is 0 Å². The highest BCUT2D eigenvalue weighted by molar-refractivity contribution is 7.93. The summed E-state index contributed by atoms with van der Waals surface area (Å²) in [5.74, 6) is 1.40. The maximum absolute atomic E-state index is 13.5. The Balaban J connectivity index is 1.15. The number of sulfone groups is 1. The predicted octanol–water partition coefficient (Wildman–Crippen LogP) is 1.90. The number of anilines is 1. The monoisotopic (exact) mass is 443 g/mol. The van der Waals surface area contributed by atoms with Gasteiger partial charge in [0.25, 0.3) is 5.91 Å². The fourth-order valence-corrected chi connectivity index (χ4v) is 8.28. The van der Waals surface area contributed by atoms with Crippen LogP contribution in [0, 0.1) is 0 Å². The zero-order chi connectivity index (χ0) is 21.4. The number of hydrogen-bond donors (Lipinski definition) is 2. The first kappa shape index (κ1) is 19.2. The van der Waals surface area contributed by atoms with Crippen LogP contribution in [0.3, 0.4) is 0 Å². The van der Waals surface area contributed by atoms with Crippen LogP contribution in [0.5, 0.6) is 0 Å². The molecule has 164 valence electrons. The summed E-state index contributed by atoms with van der Waals surface area (Å²) in [4.78, 5) is 18.4. The molecule has 3 aliphatic heterocycles. The van der Waals surface area contributed by atoms with Crippen molar-refractivity contribution in [1.29, 1.82) is 0 Å². The zero-order valence-corrected chi connectivity index (χ0v) is 18.1. The Morgan fingerprint density at radius 2 is 2.00 bits per heavy atom. The molecule has 2 unspecified atom stereocenters. The third-order valence-corrected chi connectivity index (χ3v) is 9.81. The summed E-state index contributed by atoms with van der Waals surface area (Å²) in [6.45, 7) is 0. The molecule has 2 atom stereocenters. The Kier molecular flexibility index (Phi) is 4.05. The molecular formula is C21H25N5O4S. The lowest BCUT2D eigenvalue weighted by Crippen LogP contribution is -2.84. The number of nitrogens with one attached hydrogen (secondary N) is 2. The van der Waals surface area contributed by atoms with E-state index in [4.69, 9.17) is 4.52 Å². The first-order valence-electron chi connectivity index (χ1n) is 10.9. The molecular weight excluding hydrogens is 418 g/mol. The van der Waals surface area contributed by atoms with Crippen molar-refractivity contribution in [3.05, 3.63) is 35.9 Å². The quantitative estimate of drug-likeness (QED) is 0.695. The van der Waals surface area contributed by atoms with Crippen molar-refractivity contribution in [3.8, 4) is 0 Å². The number of hydrogen-bond acceptors (Lipinski definition) is 8. The Bertz CT molecular complexity index is 1140. The van der Waals surface area contributed by atoms with E-state index in [1.54, 1.807) is 31.4 Å². The maximum Gasteiger partial charge on any atom is 0.273 e. The van der Waals surface area contributed by atoms with Gasteiger partial charge in [0.1, 0.15) is 21.3 Å². The summed E-state index contributed by atoms with van der Waals surface area (Å²) in [5.41, 5.74) is 0.333. The molecule has 1 aliphatic carbocycles. The average Bonchev–Trinajstić information content (AvgIpc) is 3.46. The fraction of sp³-hybridized carbons (Fsp3) is 0.571. The van der Waals surface area contributed by atoms with Crippen molar-refractivity contribution in [2.75, 3.05) is 12.4 Å². The van der Waals surface area contributed by atoms with E-state index in [1.165, 1.54) is 0 Å². The Morgan fingerprint density at radius 1 is 1.26 bits per heavy atom. The van der Waals surface area contributed by atoms with Crippen molar-refractivity contribution in [2.45, 2.75) is 72.3 Å². The maximum atomic E-state index is 13.5. The van der Waals surface area contributed by atoms with Crippen LogP contribution in [0.15, 0.2) is 33.8 Å². The molecule has 10 heteroatoms. The second-order valence-corrected chi connectivity index (χ2v) is 11.4. The van der Waals surface area contributed by atoms with Crippen LogP contribution in [0.4, 0.5) is 5.82 Å². The van der Waals surface area contributed by atoms with E-state index in [1.807, 2.05) is 0 Å². The number of pyridine rings is 1. The summed E-state index contributed by atoms with van der Waals surface area (Å²) in [5, 5.41) is 9.91. The number of amides is 1. The molecule has 5 heterocycles. The van der Waals surface area contributed by atoms with Gasteiger partial charge in [-0.1, -0.05) is 5.16 Å². The van der Waals surface area contributed by atoms with Crippen molar-refractivity contribution in [1.82, 2.24) is 20.4 Å². The highest BCUT2D eigenvalue weighted by Gasteiger charge is 2.71. The molecule has 3 saturated heterocycles. The van der Waals surface area contributed by atoms with Crippen LogP contribution >= 0.6 is 0 Å². The van der Waals surface area contributed by atoms with E-state index < -0.39 is 14.7 Å². The first-order chi connectivity index (χ1) is 14.9. The van der Waals surface area contributed by atoms with Gasteiger partial charge in [0.15, 0.2) is 5.69 Å². The Labute approximate surface area is 180 Å². The number of piperidine rings is 2. The van der Waals surface area contributed by atoms with Crippen LogP contribution in [0.2, 0.25) is 0 Å². The summed E-state index contributed by atoms with van der Waals surface area (Å²) in [7, 11) is -1.86. The third-order valence-electron chi connectivity index (χ3n) is 7.35. The third kappa shape index (κ3) is 2.70. The van der Waals surface area contributed by atoms with E-state index in [0.717, 1.165) is 31.4 Å². The standard InChI is InChI=1S/C21H25N5O4S/c1-22-19-18(3-2-6-23-19)31(28,29)21-10-14-7-13(8-15(11-21)26(14)21)24-20(27)16-9-17(30-25-16)12-4-5-12/h2-3,6,9,12-15H,4-5,7-8,10-11H2,1H3,(H,22,23)(H,24,27). The lowest BCUT2D eigenvalue weighted by Gasteiger charge is -2.72. The average molecular weight is 444 g/mol. The minimum absolute atomic E-state index is 0.0205. The smallest absolute Gasteiger partial charge is 0.273 e. The minimum Gasteiger partial charge on any atom is -0.372 e. The molecule has 2 aromatic heterocycles. The molecule has 31 heavy (non-hydrogen) atoms. The first-order valence-corrected chi connectivity index (χ1v) is 12.3. The lowest BCUT2D eigenvalue weighted by atomic mass is 9.67. The van der Waals surface area contributed by atoms with Gasteiger partial charge >= 0.3 is 0 Å². The minimum atomic E-state index is -3.54. The lowest BCUT2D eigenvalue weighted by molar-refractivity contribution is -0.176. The van der Waals surface area contributed by atoms with E-state index >= 15 is 0 Å². The van der Waals surface area contributed by atoms with Gasteiger partial charge in [0, 0.05) is 43.4 Å². The highest BCUT2D eigenvalue weighted by Crippen LogP contribution is 2.61. The number of carbonyl (C=O) groups is 1. The zero-order valence-electron chi connectivity index (χ0n) is 17.2. The van der Waals surface area contributed by atoms with E-state index in [9.17, 15) is 13.2 Å². The van der Waals surface area contributed by atoms with E-state index in [-0.39, 0.29) is 28.9 Å². The molecule has 4 aliphatic rings. The van der Waals surface area contributed by atoms with Crippen molar-refractivity contribution in [3.63, 3.8) is 0 Å². The number of carbonyl (C=O) groups excluding carboxylic acids is 1. The van der Waals surface area contributed by atoms with Crippen LogP contribution in [0.25, 0.3) is 0 Å². The molecule has 0 bridgehead atoms. The van der Waals surface area contributed by atoms with Crippen molar-refractivity contribution in [2.24, 2.45) is 0 Å². The van der Waals surface area contributed by atoms with Gasteiger partial charge in [-0.3, -0.25) is 9.69 Å². The molecule has 0 radical (unpaired) electrons. The second kappa shape index (κ2) is 6.52.